The Labute approximate surface area is 575 Å². The molecule has 0 bridgehead atoms. The molecule has 558 valence electrons. The van der Waals surface area contributed by atoms with Crippen LogP contribution >= 0.6 is 15.6 Å². The van der Waals surface area contributed by atoms with E-state index in [1.165, 1.54) is 186 Å². The highest BCUT2D eigenvalue weighted by atomic mass is 31.2. The van der Waals surface area contributed by atoms with Crippen LogP contribution in [0.25, 0.3) is 0 Å². The molecule has 0 amide bonds. The molecule has 4 unspecified atom stereocenters. The van der Waals surface area contributed by atoms with Gasteiger partial charge in [-0.3, -0.25) is 37.3 Å². The van der Waals surface area contributed by atoms with E-state index in [9.17, 15) is 43.2 Å². The molecule has 0 aromatic heterocycles. The highest BCUT2D eigenvalue weighted by Gasteiger charge is 2.30. The van der Waals surface area contributed by atoms with Gasteiger partial charge in [0.2, 0.25) is 0 Å². The van der Waals surface area contributed by atoms with Crippen LogP contribution in [0.15, 0.2) is 0 Å². The Morgan fingerprint density at radius 2 is 0.543 bits per heavy atom. The quantitative estimate of drug-likeness (QED) is 0.0222. The van der Waals surface area contributed by atoms with Gasteiger partial charge in [0.15, 0.2) is 12.2 Å². The van der Waals surface area contributed by atoms with Crippen molar-refractivity contribution in [2.45, 2.75) is 401 Å². The van der Waals surface area contributed by atoms with E-state index >= 15 is 0 Å². The fourth-order valence-corrected chi connectivity index (χ4v) is 12.9. The minimum Gasteiger partial charge on any atom is -0.462 e. The average Bonchev–Trinajstić information content (AvgIpc) is 2.28. The van der Waals surface area contributed by atoms with Gasteiger partial charge in [-0.05, 0) is 43.4 Å². The SMILES string of the molecule is CCCCCCCCCCCCCCCCCCCCCCC(=O)O[C@H](COC(=O)CCCCCCCCCCC(C)CC)COP(=O)(O)OC[C@@H](O)COP(=O)(O)OC[C@@H](COC(=O)CCCCCCCCCC(C)C)OC(=O)CCCCCCCCCCC(C)CC. The Balaban J connectivity index is 5.22. The number of carbonyl (C=O) groups excluding carboxylic acids is 4. The molecule has 0 aliphatic heterocycles. The highest BCUT2D eigenvalue weighted by molar-refractivity contribution is 7.47. The third-order valence-corrected chi connectivity index (χ3v) is 20.0. The van der Waals surface area contributed by atoms with E-state index in [2.05, 4.69) is 48.5 Å². The number of aliphatic hydroxyl groups excluding tert-OH is 1. The monoisotopic (exact) mass is 1380 g/mol. The second kappa shape index (κ2) is 65.7. The zero-order chi connectivity index (χ0) is 69.4. The smallest absolute Gasteiger partial charge is 0.462 e. The number of hydrogen-bond acceptors (Lipinski definition) is 15. The van der Waals surface area contributed by atoms with Gasteiger partial charge in [0.25, 0.3) is 0 Å². The molecule has 0 spiro atoms. The van der Waals surface area contributed by atoms with Gasteiger partial charge in [-0.2, -0.15) is 0 Å². The van der Waals surface area contributed by atoms with Gasteiger partial charge in [0.05, 0.1) is 26.4 Å². The standard InChI is InChI=1S/C75H146O17P2/c1-8-11-12-13-14-15-16-17-18-19-20-21-22-23-24-25-26-36-44-51-58-74(79)91-70(62-85-72(77)56-49-42-35-29-27-33-40-47-54-67(6)9-2)64-89-93(81,82)87-60-69(76)61-88-94(83,84)90-65-71(63-86-73(78)57-50-43-38-31-32-39-46-53-66(4)5)92-75(80)59-52-45-37-30-28-34-41-48-55-68(7)10-3/h66-71,76H,8-65H2,1-7H3,(H,81,82)(H,83,84)/t67?,68?,69-,70-,71-/m1/s1. The predicted octanol–water partition coefficient (Wildman–Crippen LogP) is 21.8. The Morgan fingerprint density at radius 3 is 0.809 bits per heavy atom. The van der Waals surface area contributed by atoms with Crippen LogP contribution in [-0.2, 0) is 65.4 Å². The average molecular weight is 1380 g/mol. The second-order valence-electron chi connectivity index (χ2n) is 28.0. The van der Waals surface area contributed by atoms with Crippen molar-refractivity contribution in [3.05, 3.63) is 0 Å². The van der Waals surface area contributed by atoms with Crippen LogP contribution in [-0.4, -0.2) is 96.7 Å². The van der Waals surface area contributed by atoms with Crippen LogP contribution in [0.4, 0.5) is 0 Å². The summed E-state index contributed by atoms with van der Waals surface area (Å²) < 4.78 is 68.5. The van der Waals surface area contributed by atoms with E-state index in [0.717, 1.165) is 108 Å². The van der Waals surface area contributed by atoms with E-state index in [0.29, 0.717) is 31.6 Å². The van der Waals surface area contributed by atoms with E-state index in [1.54, 1.807) is 0 Å². The number of phosphoric ester groups is 2. The molecule has 0 fully saturated rings. The first-order valence-corrected chi connectivity index (χ1v) is 41.9. The first-order chi connectivity index (χ1) is 45.3. The van der Waals surface area contributed by atoms with Gasteiger partial charge >= 0.3 is 39.5 Å². The summed E-state index contributed by atoms with van der Waals surface area (Å²) >= 11 is 0. The zero-order valence-electron chi connectivity index (χ0n) is 61.4. The van der Waals surface area contributed by atoms with Crippen molar-refractivity contribution in [3.63, 3.8) is 0 Å². The summed E-state index contributed by atoms with van der Waals surface area (Å²) in [5.74, 6) is 0.129. The third kappa shape index (κ3) is 66.0. The Morgan fingerprint density at radius 1 is 0.309 bits per heavy atom. The predicted molar refractivity (Wildman–Crippen MR) is 381 cm³/mol. The third-order valence-electron chi connectivity index (χ3n) is 18.1. The minimum absolute atomic E-state index is 0.104. The number of unbranched alkanes of at least 4 members (excludes halogenated alkanes) is 39. The summed E-state index contributed by atoms with van der Waals surface area (Å²) in [6.07, 6.45) is 51.4. The summed E-state index contributed by atoms with van der Waals surface area (Å²) in [6.45, 7) is 11.8. The number of rotatable bonds is 73. The largest absolute Gasteiger partial charge is 0.472 e. The van der Waals surface area contributed by atoms with Gasteiger partial charge < -0.3 is 33.8 Å². The van der Waals surface area contributed by atoms with E-state index in [4.69, 9.17) is 37.0 Å². The van der Waals surface area contributed by atoms with Crippen molar-refractivity contribution in [2.75, 3.05) is 39.6 Å². The lowest BCUT2D eigenvalue weighted by Gasteiger charge is -2.21. The maximum Gasteiger partial charge on any atom is 0.472 e. The topological polar surface area (TPSA) is 237 Å². The molecular weight excluding hydrogens is 1230 g/mol. The fraction of sp³-hybridized carbons (Fsp3) is 0.947. The van der Waals surface area contributed by atoms with E-state index < -0.39 is 97.5 Å². The van der Waals surface area contributed by atoms with Crippen LogP contribution in [0.2, 0.25) is 0 Å². The molecule has 3 N–H and O–H groups in total. The van der Waals surface area contributed by atoms with E-state index in [1.807, 2.05) is 0 Å². The molecule has 0 aromatic carbocycles. The highest BCUT2D eigenvalue weighted by Crippen LogP contribution is 2.45. The normalized spacial score (nSPS) is 14.7. The van der Waals surface area contributed by atoms with Crippen LogP contribution < -0.4 is 0 Å². The van der Waals surface area contributed by atoms with Crippen molar-refractivity contribution >= 4 is 39.5 Å². The second-order valence-corrected chi connectivity index (χ2v) is 30.9. The summed E-state index contributed by atoms with van der Waals surface area (Å²) in [7, 11) is -9.91. The number of carbonyl (C=O) groups is 4. The first kappa shape index (κ1) is 92.1. The Kier molecular flexibility index (Phi) is 64.3. The van der Waals surface area contributed by atoms with E-state index in [-0.39, 0.29) is 25.7 Å². The summed E-state index contributed by atoms with van der Waals surface area (Å²) in [5.41, 5.74) is 0. The molecule has 0 rings (SSSR count). The molecular formula is C75H146O17P2. The molecule has 17 nitrogen and oxygen atoms in total. The summed E-state index contributed by atoms with van der Waals surface area (Å²) in [5, 5.41) is 10.6. The number of ether oxygens (including phenoxy) is 4. The van der Waals surface area contributed by atoms with Gasteiger partial charge in [0, 0.05) is 25.7 Å². The van der Waals surface area contributed by atoms with Crippen molar-refractivity contribution in [2.24, 2.45) is 17.8 Å². The molecule has 0 aliphatic carbocycles. The maximum absolute atomic E-state index is 13.1. The first-order valence-electron chi connectivity index (χ1n) is 38.9. The summed E-state index contributed by atoms with van der Waals surface area (Å²) in [6, 6.07) is 0. The van der Waals surface area contributed by atoms with Gasteiger partial charge in [-0.25, -0.2) is 9.13 Å². The van der Waals surface area contributed by atoms with Crippen molar-refractivity contribution < 1.29 is 80.2 Å². The molecule has 94 heavy (non-hydrogen) atoms. The van der Waals surface area contributed by atoms with Crippen molar-refractivity contribution in [1.29, 1.82) is 0 Å². The van der Waals surface area contributed by atoms with Crippen LogP contribution in [0, 0.1) is 17.8 Å². The number of hydrogen-bond donors (Lipinski definition) is 3. The maximum atomic E-state index is 13.1. The Bertz CT molecular complexity index is 1840. The lowest BCUT2D eigenvalue weighted by Crippen LogP contribution is -2.30. The number of aliphatic hydroxyl groups is 1. The van der Waals surface area contributed by atoms with Crippen LogP contribution in [0.5, 0.6) is 0 Å². The van der Waals surface area contributed by atoms with Crippen LogP contribution in [0.3, 0.4) is 0 Å². The number of phosphoric acid groups is 2. The molecule has 0 saturated heterocycles. The molecule has 0 saturated carbocycles. The number of esters is 4. The lowest BCUT2D eigenvalue weighted by molar-refractivity contribution is -0.161. The minimum atomic E-state index is -4.96. The Hall–Kier alpha value is -1.94. The lowest BCUT2D eigenvalue weighted by atomic mass is 9.99. The fourth-order valence-electron chi connectivity index (χ4n) is 11.4. The molecule has 0 radical (unpaired) electrons. The molecule has 0 aliphatic rings. The van der Waals surface area contributed by atoms with Crippen molar-refractivity contribution in [3.8, 4) is 0 Å². The molecule has 19 heteroatoms. The van der Waals surface area contributed by atoms with Gasteiger partial charge in [-0.15, -0.1) is 0 Å². The zero-order valence-corrected chi connectivity index (χ0v) is 63.2. The van der Waals surface area contributed by atoms with Crippen molar-refractivity contribution in [1.82, 2.24) is 0 Å². The van der Waals surface area contributed by atoms with Gasteiger partial charge in [0.1, 0.15) is 19.3 Å². The molecule has 0 heterocycles. The molecule has 0 aromatic rings. The van der Waals surface area contributed by atoms with Crippen LogP contribution in [0.1, 0.15) is 382 Å². The van der Waals surface area contributed by atoms with Gasteiger partial charge in [-0.1, -0.05) is 331 Å². The molecule has 7 atom stereocenters. The summed E-state index contributed by atoms with van der Waals surface area (Å²) in [4.78, 5) is 72.7.